The van der Waals surface area contributed by atoms with Crippen LogP contribution in [0.5, 0.6) is 0 Å². The second-order valence-electron chi connectivity index (χ2n) is 3.46. The molecule has 0 aliphatic rings. The van der Waals surface area contributed by atoms with Crippen LogP contribution in [0.15, 0.2) is 36.9 Å². The van der Waals surface area contributed by atoms with E-state index in [1.807, 2.05) is 0 Å². The second kappa shape index (κ2) is 6.18. The predicted octanol–water partition coefficient (Wildman–Crippen LogP) is 2.99. The molecule has 0 spiro atoms. The molecule has 3 heteroatoms. The molecule has 0 radical (unpaired) electrons. The summed E-state index contributed by atoms with van der Waals surface area (Å²) in [7, 11) is 0. The molecule has 0 saturated heterocycles. The number of rotatable bonds is 6. The molecule has 16 heavy (non-hydrogen) atoms. The topological polar surface area (TPSA) is 26.3 Å². The Morgan fingerprint density at radius 2 is 2.12 bits per heavy atom. The van der Waals surface area contributed by atoms with E-state index in [1.54, 1.807) is 13.0 Å². The van der Waals surface area contributed by atoms with Gasteiger partial charge in [0.05, 0.1) is 6.61 Å². The number of ether oxygens (including phenoxy) is 1. The summed E-state index contributed by atoms with van der Waals surface area (Å²) in [5.41, 5.74) is 0.465. The first-order valence-electron chi connectivity index (χ1n) is 5.17. The number of hydrogen-bond donors (Lipinski definition) is 0. The fourth-order valence-electron chi connectivity index (χ4n) is 1.25. The van der Waals surface area contributed by atoms with E-state index in [-0.39, 0.29) is 11.6 Å². The van der Waals surface area contributed by atoms with E-state index in [2.05, 4.69) is 6.58 Å². The molecule has 0 bridgehead atoms. The van der Waals surface area contributed by atoms with Gasteiger partial charge in [-0.2, -0.15) is 0 Å². The predicted molar refractivity (Wildman–Crippen MR) is 61.0 cm³/mol. The highest BCUT2D eigenvalue weighted by Gasteiger charge is 2.15. The Labute approximate surface area is 94.7 Å². The fraction of sp³-hybridized carbons (Fsp3) is 0.308. The Kier molecular flexibility index (Phi) is 4.86. The maximum atomic E-state index is 12.6. The highest BCUT2D eigenvalue weighted by molar-refractivity contribution is 5.99. The number of ketones is 1. The van der Waals surface area contributed by atoms with E-state index in [1.165, 1.54) is 24.3 Å². The van der Waals surface area contributed by atoms with Gasteiger partial charge in [0.15, 0.2) is 5.78 Å². The van der Waals surface area contributed by atoms with Crippen molar-refractivity contribution in [3.8, 4) is 0 Å². The van der Waals surface area contributed by atoms with Gasteiger partial charge in [-0.3, -0.25) is 4.79 Å². The Balaban J connectivity index is 2.56. The van der Waals surface area contributed by atoms with E-state index < -0.39 is 6.10 Å². The molecule has 0 aromatic heterocycles. The van der Waals surface area contributed by atoms with Gasteiger partial charge in [0, 0.05) is 5.56 Å². The van der Waals surface area contributed by atoms with Gasteiger partial charge in [-0.15, -0.1) is 6.58 Å². The lowest BCUT2D eigenvalue weighted by molar-refractivity contribution is 0.0492. The maximum absolute atomic E-state index is 12.6. The first kappa shape index (κ1) is 12.6. The van der Waals surface area contributed by atoms with Crippen LogP contribution in [0.4, 0.5) is 4.39 Å². The maximum Gasteiger partial charge on any atom is 0.191 e. The van der Waals surface area contributed by atoms with Crippen LogP contribution in [0.25, 0.3) is 0 Å². The van der Waals surface area contributed by atoms with E-state index >= 15 is 0 Å². The summed E-state index contributed by atoms with van der Waals surface area (Å²) in [6.07, 6.45) is 1.93. The number of carbonyl (C=O) groups is 1. The summed E-state index contributed by atoms with van der Waals surface area (Å²) in [5.74, 6) is -0.485. The van der Waals surface area contributed by atoms with Gasteiger partial charge in [-0.05, 0) is 37.6 Å². The lowest BCUT2D eigenvalue weighted by atomic mass is 10.1. The summed E-state index contributed by atoms with van der Waals surface area (Å²) in [6.45, 7) is 5.72. The minimum absolute atomic E-state index is 0.135. The van der Waals surface area contributed by atoms with Crippen molar-refractivity contribution in [1.82, 2.24) is 0 Å². The second-order valence-corrected chi connectivity index (χ2v) is 3.46. The summed E-state index contributed by atoms with van der Waals surface area (Å²) < 4.78 is 18.0. The lowest BCUT2D eigenvalue weighted by Crippen LogP contribution is -2.21. The monoisotopic (exact) mass is 222 g/mol. The molecule has 0 aliphatic carbocycles. The molecular formula is C13H15FO2. The molecule has 0 saturated carbocycles. The Bertz CT molecular complexity index is 357. The zero-order chi connectivity index (χ0) is 12.0. The van der Waals surface area contributed by atoms with E-state index in [9.17, 15) is 9.18 Å². The molecule has 0 heterocycles. The third-order valence-electron chi connectivity index (χ3n) is 2.19. The molecule has 86 valence electrons. The van der Waals surface area contributed by atoms with E-state index in [0.29, 0.717) is 18.6 Å². The molecule has 1 rings (SSSR count). The molecule has 1 unspecified atom stereocenters. The van der Waals surface area contributed by atoms with Crippen LogP contribution in [0.2, 0.25) is 0 Å². The highest BCUT2D eigenvalue weighted by atomic mass is 19.1. The minimum Gasteiger partial charge on any atom is -0.370 e. The van der Waals surface area contributed by atoms with Crippen molar-refractivity contribution in [2.45, 2.75) is 19.4 Å². The number of hydrogen-bond acceptors (Lipinski definition) is 2. The zero-order valence-corrected chi connectivity index (χ0v) is 9.28. The fourth-order valence-corrected chi connectivity index (χ4v) is 1.25. The smallest absolute Gasteiger partial charge is 0.191 e. The van der Waals surface area contributed by atoms with E-state index in [0.717, 1.165) is 0 Å². The van der Waals surface area contributed by atoms with Crippen LogP contribution in [0, 0.1) is 5.82 Å². The molecule has 1 aromatic carbocycles. The van der Waals surface area contributed by atoms with Crippen molar-refractivity contribution in [2.24, 2.45) is 0 Å². The van der Waals surface area contributed by atoms with E-state index in [4.69, 9.17) is 4.74 Å². The van der Waals surface area contributed by atoms with Crippen LogP contribution in [0.1, 0.15) is 23.7 Å². The number of carbonyl (C=O) groups excluding carboxylic acids is 1. The van der Waals surface area contributed by atoms with Crippen LogP contribution in [-0.2, 0) is 4.74 Å². The molecule has 1 atom stereocenters. The average Bonchev–Trinajstić information content (AvgIpc) is 2.29. The SMILES string of the molecule is C=CCCOC(C)C(=O)c1ccc(F)cc1. The third kappa shape index (κ3) is 3.59. The zero-order valence-electron chi connectivity index (χ0n) is 9.28. The largest absolute Gasteiger partial charge is 0.370 e. The molecular weight excluding hydrogens is 207 g/mol. The first-order valence-corrected chi connectivity index (χ1v) is 5.17. The molecule has 2 nitrogen and oxygen atoms in total. The van der Waals surface area contributed by atoms with Crippen molar-refractivity contribution >= 4 is 5.78 Å². The van der Waals surface area contributed by atoms with Crippen molar-refractivity contribution < 1.29 is 13.9 Å². The summed E-state index contributed by atoms with van der Waals surface area (Å²) in [4.78, 5) is 11.8. The lowest BCUT2D eigenvalue weighted by Gasteiger charge is -2.11. The third-order valence-corrected chi connectivity index (χ3v) is 2.19. The van der Waals surface area contributed by atoms with Crippen molar-refractivity contribution in [2.75, 3.05) is 6.61 Å². The summed E-state index contributed by atoms with van der Waals surface area (Å²) >= 11 is 0. The quantitative estimate of drug-likeness (QED) is 0.420. The van der Waals surface area contributed by atoms with Gasteiger partial charge in [-0.1, -0.05) is 6.08 Å². The van der Waals surface area contributed by atoms with Gasteiger partial charge in [0.2, 0.25) is 0 Å². The van der Waals surface area contributed by atoms with Crippen molar-refractivity contribution in [3.05, 3.63) is 48.3 Å². The van der Waals surface area contributed by atoms with Crippen LogP contribution in [0.3, 0.4) is 0 Å². The molecule has 0 amide bonds. The highest BCUT2D eigenvalue weighted by Crippen LogP contribution is 2.08. The van der Waals surface area contributed by atoms with Crippen LogP contribution < -0.4 is 0 Å². The Morgan fingerprint density at radius 3 is 2.69 bits per heavy atom. The van der Waals surface area contributed by atoms with Gasteiger partial charge in [-0.25, -0.2) is 4.39 Å². The van der Waals surface area contributed by atoms with Crippen LogP contribution >= 0.6 is 0 Å². The summed E-state index contributed by atoms with van der Waals surface area (Å²) in [6, 6.07) is 5.46. The first-order chi connectivity index (χ1) is 7.65. The standard InChI is InChI=1S/C13H15FO2/c1-3-4-9-16-10(2)13(15)11-5-7-12(14)8-6-11/h3,5-8,10H,1,4,9H2,2H3. The minimum atomic E-state index is -0.509. The van der Waals surface area contributed by atoms with Gasteiger partial charge < -0.3 is 4.74 Å². The van der Waals surface area contributed by atoms with Gasteiger partial charge in [0.25, 0.3) is 0 Å². The molecule has 0 aliphatic heterocycles. The Hall–Kier alpha value is -1.48. The average molecular weight is 222 g/mol. The normalized spacial score (nSPS) is 12.1. The summed E-state index contributed by atoms with van der Waals surface area (Å²) in [5, 5.41) is 0. The van der Waals surface area contributed by atoms with Gasteiger partial charge in [0.1, 0.15) is 11.9 Å². The molecule has 0 N–H and O–H groups in total. The number of Topliss-reactive ketones (excluding diaryl/α,β-unsaturated/α-hetero) is 1. The van der Waals surface area contributed by atoms with Gasteiger partial charge >= 0.3 is 0 Å². The van der Waals surface area contributed by atoms with Crippen LogP contribution in [-0.4, -0.2) is 18.5 Å². The van der Waals surface area contributed by atoms with Crippen molar-refractivity contribution in [1.29, 1.82) is 0 Å². The Morgan fingerprint density at radius 1 is 1.50 bits per heavy atom. The molecule has 0 fully saturated rings. The molecule has 1 aromatic rings. The van der Waals surface area contributed by atoms with Crippen molar-refractivity contribution in [3.63, 3.8) is 0 Å². The number of halogens is 1. The number of benzene rings is 1.